The van der Waals surface area contributed by atoms with Gasteiger partial charge < -0.3 is 20.5 Å². The molecule has 9 nitrogen and oxygen atoms in total. The van der Waals surface area contributed by atoms with E-state index >= 15 is 0 Å². The van der Waals surface area contributed by atoms with Gasteiger partial charge in [0, 0.05) is 17.7 Å². The number of benzene rings is 1. The van der Waals surface area contributed by atoms with Gasteiger partial charge in [-0.2, -0.15) is 0 Å². The predicted molar refractivity (Wildman–Crippen MR) is 93.8 cm³/mol. The Balaban J connectivity index is 2.37. The standard InChI is InChI=1S/C16H15FN4O5S/c1-7(15(25)26)27-16-20-12(18-8(2)22)11(14(24)21-16)19-13(23)9-3-5-10(17)6-4-9/h3-7H,1-2H3,(H,19,23)(H,25,26)(H2,18,20,21,22,24)/p-1/t7-/m0/s1. The lowest BCUT2D eigenvalue weighted by atomic mass is 10.2. The van der Waals surface area contributed by atoms with Crippen LogP contribution < -0.4 is 21.3 Å². The van der Waals surface area contributed by atoms with Gasteiger partial charge in [-0.3, -0.25) is 19.4 Å². The van der Waals surface area contributed by atoms with Crippen molar-refractivity contribution in [2.24, 2.45) is 0 Å². The number of carbonyl (C=O) groups excluding carboxylic acids is 3. The molecule has 1 aromatic carbocycles. The molecular weight excluding hydrogens is 379 g/mol. The number of carboxylic acid groups (broad SMARTS) is 1. The van der Waals surface area contributed by atoms with Gasteiger partial charge in [0.2, 0.25) is 5.91 Å². The normalized spacial score (nSPS) is 11.5. The molecule has 142 valence electrons. The van der Waals surface area contributed by atoms with E-state index in [1.54, 1.807) is 0 Å². The van der Waals surface area contributed by atoms with Crippen molar-refractivity contribution in [2.75, 3.05) is 10.6 Å². The van der Waals surface area contributed by atoms with Crippen LogP contribution in [0.2, 0.25) is 0 Å². The Kier molecular flexibility index (Phi) is 6.29. The Labute approximate surface area is 156 Å². The van der Waals surface area contributed by atoms with Crippen LogP contribution in [0.5, 0.6) is 0 Å². The molecule has 2 aromatic rings. The van der Waals surface area contributed by atoms with Crippen LogP contribution >= 0.6 is 11.8 Å². The quantitative estimate of drug-likeness (QED) is 0.474. The fourth-order valence-electron chi connectivity index (χ4n) is 1.88. The van der Waals surface area contributed by atoms with Crippen LogP contribution in [0.1, 0.15) is 24.2 Å². The Morgan fingerprint density at radius 3 is 2.41 bits per heavy atom. The lowest BCUT2D eigenvalue weighted by Gasteiger charge is -2.14. The van der Waals surface area contributed by atoms with Gasteiger partial charge in [0.25, 0.3) is 11.5 Å². The number of carboxylic acids is 1. The van der Waals surface area contributed by atoms with E-state index in [2.05, 4.69) is 20.6 Å². The Morgan fingerprint density at radius 1 is 1.22 bits per heavy atom. The Hall–Kier alpha value is -3.21. The van der Waals surface area contributed by atoms with E-state index in [-0.39, 0.29) is 22.2 Å². The number of H-pyrrole nitrogens is 1. The third-order valence-electron chi connectivity index (χ3n) is 3.16. The molecule has 11 heteroatoms. The first-order valence-electron chi connectivity index (χ1n) is 7.53. The van der Waals surface area contributed by atoms with Crippen molar-refractivity contribution in [3.05, 3.63) is 46.0 Å². The van der Waals surface area contributed by atoms with Crippen molar-refractivity contribution in [3.63, 3.8) is 0 Å². The topological polar surface area (TPSA) is 144 Å². The van der Waals surface area contributed by atoms with Gasteiger partial charge in [-0.25, -0.2) is 9.37 Å². The third kappa shape index (κ3) is 5.38. The zero-order valence-corrected chi connectivity index (χ0v) is 15.0. The number of aromatic nitrogens is 2. The second-order valence-electron chi connectivity index (χ2n) is 5.32. The van der Waals surface area contributed by atoms with Crippen LogP contribution in [0.15, 0.2) is 34.2 Å². The minimum atomic E-state index is -1.36. The molecule has 0 aliphatic heterocycles. The fraction of sp³-hybridized carbons (Fsp3) is 0.188. The molecule has 0 fully saturated rings. The number of hydrogen-bond donors (Lipinski definition) is 3. The van der Waals surface area contributed by atoms with E-state index in [0.717, 1.165) is 12.1 Å². The maximum Gasteiger partial charge on any atom is 0.277 e. The van der Waals surface area contributed by atoms with Gasteiger partial charge in [-0.15, -0.1) is 0 Å². The van der Waals surface area contributed by atoms with Gasteiger partial charge in [-0.05, 0) is 31.2 Å². The van der Waals surface area contributed by atoms with Gasteiger partial charge in [0.15, 0.2) is 16.7 Å². The van der Waals surface area contributed by atoms with Gasteiger partial charge >= 0.3 is 0 Å². The molecule has 0 aliphatic carbocycles. The highest BCUT2D eigenvalue weighted by atomic mass is 32.2. The molecule has 3 N–H and O–H groups in total. The Morgan fingerprint density at radius 2 is 1.85 bits per heavy atom. The molecule has 0 radical (unpaired) electrons. The first-order valence-corrected chi connectivity index (χ1v) is 8.41. The van der Waals surface area contributed by atoms with Gasteiger partial charge in [0.05, 0.1) is 5.97 Å². The van der Waals surface area contributed by atoms with E-state index in [9.17, 15) is 28.7 Å². The lowest BCUT2D eigenvalue weighted by Crippen LogP contribution is -2.32. The van der Waals surface area contributed by atoms with Crippen LogP contribution in [0, 0.1) is 5.82 Å². The van der Waals surface area contributed by atoms with Gasteiger partial charge in [0.1, 0.15) is 5.82 Å². The van der Waals surface area contributed by atoms with Crippen molar-refractivity contribution < 1.29 is 23.9 Å². The SMILES string of the molecule is CC(=O)Nc1nc(S[C@@H](C)C(=O)[O-])[nH]c(=O)c1NC(=O)c1ccc(F)cc1. The van der Waals surface area contributed by atoms with E-state index in [0.29, 0.717) is 11.8 Å². The number of thioether (sulfide) groups is 1. The van der Waals surface area contributed by atoms with Crippen molar-refractivity contribution >= 4 is 41.1 Å². The number of halogens is 1. The molecule has 1 heterocycles. The van der Waals surface area contributed by atoms with Crippen LogP contribution in [0.25, 0.3) is 0 Å². The zero-order chi connectivity index (χ0) is 20.1. The maximum absolute atomic E-state index is 13.0. The maximum atomic E-state index is 13.0. The summed E-state index contributed by atoms with van der Waals surface area (Å²) in [5, 5.41) is 14.3. The molecule has 0 spiro atoms. The van der Waals surface area contributed by atoms with E-state index in [1.807, 2.05) is 0 Å². The molecule has 27 heavy (non-hydrogen) atoms. The van der Waals surface area contributed by atoms with Crippen LogP contribution in [0.4, 0.5) is 15.9 Å². The zero-order valence-electron chi connectivity index (χ0n) is 14.2. The Bertz CT molecular complexity index is 945. The predicted octanol–water partition coefficient (Wildman–Crippen LogP) is 0.350. The highest BCUT2D eigenvalue weighted by Crippen LogP contribution is 2.23. The summed E-state index contributed by atoms with van der Waals surface area (Å²) in [5.41, 5.74) is -1.07. The molecule has 0 unspecified atom stereocenters. The number of nitrogens with one attached hydrogen (secondary N) is 3. The fourth-order valence-corrected chi connectivity index (χ4v) is 2.61. The summed E-state index contributed by atoms with van der Waals surface area (Å²) in [5.74, 6) is -3.44. The first kappa shape index (κ1) is 20.1. The van der Waals surface area contributed by atoms with Gasteiger partial charge in [-0.1, -0.05) is 11.8 Å². The second-order valence-corrected chi connectivity index (χ2v) is 6.65. The van der Waals surface area contributed by atoms with Crippen molar-refractivity contribution in [2.45, 2.75) is 24.3 Å². The van der Waals surface area contributed by atoms with Crippen LogP contribution in [-0.4, -0.2) is 33.0 Å². The summed E-state index contributed by atoms with van der Waals surface area (Å²) in [7, 11) is 0. The highest BCUT2D eigenvalue weighted by molar-refractivity contribution is 8.00. The molecule has 0 bridgehead atoms. The van der Waals surface area contributed by atoms with Crippen molar-refractivity contribution in [1.29, 1.82) is 0 Å². The number of aromatic amines is 1. The molecule has 1 aromatic heterocycles. The summed E-state index contributed by atoms with van der Waals surface area (Å²) in [6.07, 6.45) is 0. The monoisotopic (exact) mass is 393 g/mol. The average molecular weight is 393 g/mol. The summed E-state index contributed by atoms with van der Waals surface area (Å²) >= 11 is 0.698. The number of aliphatic carboxylic acids is 1. The van der Waals surface area contributed by atoms with E-state index < -0.39 is 34.4 Å². The number of anilines is 2. The summed E-state index contributed by atoms with van der Waals surface area (Å²) in [4.78, 5) is 53.1. The molecule has 0 saturated heterocycles. The summed E-state index contributed by atoms with van der Waals surface area (Å²) < 4.78 is 13.0. The minimum Gasteiger partial charge on any atom is -0.549 e. The number of carbonyl (C=O) groups is 3. The minimum absolute atomic E-state index is 0.0774. The average Bonchev–Trinajstić information content (AvgIpc) is 2.57. The first-order chi connectivity index (χ1) is 12.7. The number of hydrogen-bond acceptors (Lipinski definition) is 7. The van der Waals surface area contributed by atoms with E-state index in [4.69, 9.17) is 0 Å². The number of amides is 2. The van der Waals surface area contributed by atoms with Crippen LogP contribution in [0.3, 0.4) is 0 Å². The molecule has 2 amide bonds. The smallest absolute Gasteiger partial charge is 0.277 e. The molecule has 1 atom stereocenters. The molecular formula is C16H14FN4O5S-. The summed E-state index contributed by atoms with van der Waals surface area (Å²) in [6, 6.07) is 4.59. The molecule has 0 aliphatic rings. The van der Waals surface area contributed by atoms with Crippen molar-refractivity contribution in [3.8, 4) is 0 Å². The lowest BCUT2D eigenvalue weighted by molar-refractivity contribution is -0.304. The van der Waals surface area contributed by atoms with Crippen molar-refractivity contribution in [1.82, 2.24) is 9.97 Å². The number of rotatable bonds is 6. The summed E-state index contributed by atoms with van der Waals surface area (Å²) in [6.45, 7) is 2.51. The molecule has 0 saturated carbocycles. The number of nitrogens with zero attached hydrogens (tertiary/aromatic N) is 1. The largest absolute Gasteiger partial charge is 0.549 e. The van der Waals surface area contributed by atoms with E-state index in [1.165, 1.54) is 26.0 Å². The third-order valence-corrected chi connectivity index (χ3v) is 4.12. The highest BCUT2D eigenvalue weighted by Gasteiger charge is 2.18. The second kappa shape index (κ2) is 8.45. The molecule has 2 rings (SSSR count). The van der Waals surface area contributed by atoms with Crippen LogP contribution in [-0.2, 0) is 9.59 Å².